The van der Waals surface area contributed by atoms with Crippen LogP contribution in [0, 0.1) is 0 Å². The number of nitrogens with zero attached hydrogens (tertiary/aromatic N) is 2. The Kier molecular flexibility index (Phi) is 2.87. The number of ether oxygens (including phenoxy) is 1. The standard InChI is InChI=1S/C13H14BrN3O2/c1-13(2)5-8-3-7(4-9(14)11(8)18-13)12-16-10(6-15)19-17-12/h3-4H,5-6,15H2,1-2H3. The van der Waals surface area contributed by atoms with Crippen molar-refractivity contribution in [2.24, 2.45) is 5.73 Å². The van der Waals surface area contributed by atoms with Crippen LogP contribution in [0.1, 0.15) is 25.3 Å². The summed E-state index contributed by atoms with van der Waals surface area (Å²) in [5.74, 6) is 1.88. The van der Waals surface area contributed by atoms with E-state index in [2.05, 4.69) is 39.9 Å². The summed E-state index contributed by atoms with van der Waals surface area (Å²) < 4.78 is 11.9. The van der Waals surface area contributed by atoms with E-state index < -0.39 is 0 Å². The van der Waals surface area contributed by atoms with Crippen LogP contribution in [-0.2, 0) is 13.0 Å². The predicted molar refractivity (Wildman–Crippen MR) is 73.7 cm³/mol. The van der Waals surface area contributed by atoms with E-state index >= 15 is 0 Å². The molecule has 1 aromatic heterocycles. The van der Waals surface area contributed by atoms with Gasteiger partial charge in [0.05, 0.1) is 11.0 Å². The average molecular weight is 324 g/mol. The van der Waals surface area contributed by atoms with Crippen molar-refractivity contribution in [2.75, 3.05) is 0 Å². The van der Waals surface area contributed by atoms with Gasteiger partial charge in [-0.3, -0.25) is 0 Å². The van der Waals surface area contributed by atoms with Crippen molar-refractivity contribution in [1.82, 2.24) is 10.1 Å². The van der Waals surface area contributed by atoms with Gasteiger partial charge < -0.3 is 15.0 Å². The molecule has 0 unspecified atom stereocenters. The van der Waals surface area contributed by atoms with Gasteiger partial charge in [0.15, 0.2) is 0 Å². The van der Waals surface area contributed by atoms with Gasteiger partial charge in [0.1, 0.15) is 11.4 Å². The molecule has 0 atom stereocenters. The van der Waals surface area contributed by atoms with Gasteiger partial charge in [-0.25, -0.2) is 0 Å². The van der Waals surface area contributed by atoms with Gasteiger partial charge in [0.2, 0.25) is 11.7 Å². The SMILES string of the molecule is CC1(C)Cc2cc(-c3noc(CN)n3)cc(Br)c2O1. The van der Waals surface area contributed by atoms with Gasteiger partial charge in [-0.15, -0.1) is 0 Å². The Balaban J connectivity index is 2.04. The third-order valence-electron chi connectivity index (χ3n) is 3.02. The van der Waals surface area contributed by atoms with Crippen LogP contribution in [0.3, 0.4) is 0 Å². The van der Waals surface area contributed by atoms with Crippen molar-refractivity contribution in [2.45, 2.75) is 32.4 Å². The van der Waals surface area contributed by atoms with Crippen LogP contribution in [0.4, 0.5) is 0 Å². The van der Waals surface area contributed by atoms with E-state index in [0.29, 0.717) is 11.7 Å². The molecule has 0 aliphatic carbocycles. The van der Waals surface area contributed by atoms with E-state index in [1.54, 1.807) is 0 Å². The van der Waals surface area contributed by atoms with Crippen molar-refractivity contribution in [3.8, 4) is 17.1 Å². The Morgan fingerprint density at radius 2 is 2.21 bits per heavy atom. The first kappa shape index (κ1) is 12.6. The van der Waals surface area contributed by atoms with Gasteiger partial charge >= 0.3 is 0 Å². The highest BCUT2D eigenvalue weighted by atomic mass is 79.9. The van der Waals surface area contributed by atoms with E-state index in [9.17, 15) is 0 Å². The molecule has 0 saturated carbocycles. The van der Waals surface area contributed by atoms with E-state index in [1.165, 1.54) is 0 Å². The fourth-order valence-corrected chi connectivity index (χ4v) is 2.83. The zero-order chi connectivity index (χ0) is 13.6. The molecule has 0 fully saturated rings. The molecule has 1 aromatic carbocycles. The molecule has 0 amide bonds. The highest BCUT2D eigenvalue weighted by Gasteiger charge is 2.32. The Morgan fingerprint density at radius 3 is 2.89 bits per heavy atom. The molecular formula is C13H14BrN3O2. The van der Waals surface area contributed by atoms with E-state index in [-0.39, 0.29) is 12.1 Å². The number of hydrogen-bond acceptors (Lipinski definition) is 5. The lowest BCUT2D eigenvalue weighted by Crippen LogP contribution is -2.24. The summed E-state index contributed by atoms with van der Waals surface area (Å²) in [4.78, 5) is 4.24. The minimum atomic E-state index is -0.177. The summed E-state index contributed by atoms with van der Waals surface area (Å²) in [5.41, 5.74) is 7.34. The number of fused-ring (bicyclic) bond motifs is 1. The highest BCUT2D eigenvalue weighted by Crippen LogP contribution is 2.42. The quantitative estimate of drug-likeness (QED) is 0.919. The summed E-state index contributed by atoms with van der Waals surface area (Å²) in [6, 6.07) is 3.98. The maximum absolute atomic E-state index is 5.91. The Morgan fingerprint density at radius 1 is 1.42 bits per heavy atom. The number of aromatic nitrogens is 2. The lowest BCUT2D eigenvalue weighted by atomic mass is 10.00. The van der Waals surface area contributed by atoms with Crippen molar-refractivity contribution in [1.29, 1.82) is 0 Å². The monoisotopic (exact) mass is 323 g/mol. The first-order chi connectivity index (χ1) is 8.98. The number of hydrogen-bond donors (Lipinski definition) is 1. The molecule has 1 aliphatic rings. The van der Waals surface area contributed by atoms with Crippen molar-refractivity contribution >= 4 is 15.9 Å². The molecule has 19 heavy (non-hydrogen) atoms. The minimum absolute atomic E-state index is 0.177. The van der Waals surface area contributed by atoms with Crippen LogP contribution in [-0.4, -0.2) is 15.7 Å². The zero-order valence-electron chi connectivity index (χ0n) is 10.7. The van der Waals surface area contributed by atoms with Crippen molar-refractivity contribution in [3.05, 3.63) is 28.1 Å². The van der Waals surface area contributed by atoms with E-state index in [4.69, 9.17) is 15.0 Å². The number of nitrogens with two attached hydrogens (primary N) is 1. The summed E-state index contributed by atoms with van der Waals surface area (Å²) in [7, 11) is 0. The summed E-state index contributed by atoms with van der Waals surface area (Å²) >= 11 is 3.54. The molecule has 3 rings (SSSR count). The molecule has 2 aromatic rings. The molecule has 0 spiro atoms. The highest BCUT2D eigenvalue weighted by molar-refractivity contribution is 9.10. The second-order valence-electron chi connectivity index (χ2n) is 5.20. The van der Waals surface area contributed by atoms with Gasteiger partial charge in [-0.2, -0.15) is 4.98 Å². The third-order valence-corrected chi connectivity index (χ3v) is 3.60. The number of rotatable bonds is 2. The van der Waals surface area contributed by atoms with Crippen LogP contribution < -0.4 is 10.5 Å². The Bertz CT molecular complexity index is 637. The fourth-order valence-electron chi connectivity index (χ4n) is 2.25. The summed E-state index contributed by atoms with van der Waals surface area (Å²) in [6.45, 7) is 4.38. The molecule has 5 nitrogen and oxygen atoms in total. The molecule has 0 saturated heterocycles. The molecule has 2 N–H and O–H groups in total. The molecule has 0 bridgehead atoms. The first-order valence-electron chi connectivity index (χ1n) is 6.03. The topological polar surface area (TPSA) is 74.2 Å². The third kappa shape index (κ3) is 2.26. The van der Waals surface area contributed by atoms with Gasteiger partial charge in [0, 0.05) is 17.5 Å². The van der Waals surface area contributed by atoms with Crippen LogP contribution >= 0.6 is 15.9 Å². The van der Waals surface area contributed by atoms with Crippen LogP contribution in [0.15, 0.2) is 21.1 Å². The maximum atomic E-state index is 5.91. The molecule has 0 radical (unpaired) electrons. The lowest BCUT2D eigenvalue weighted by Gasteiger charge is -2.17. The molecule has 100 valence electrons. The average Bonchev–Trinajstić information content (AvgIpc) is 2.91. The van der Waals surface area contributed by atoms with Crippen LogP contribution in [0.2, 0.25) is 0 Å². The number of benzene rings is 1. The lowest BCUT2D eigenvalue weighted by molar-refractivity contribution is 0.137. The molecule has 1 aliphatic heterocycles. The number of halogens is 1. The normalized spacial score (nSPS) is 16.2. The van der Waals surface area contributed by atoms with Crippen LogP contribution in [0.5, 0.6) is 5.75 Å². The van der Waals surface area contributed by atoms with Gasteiger partial charge in [0.25, 0.3) is 0 Å². The minimum Gasteiger partial charge on any atom is -0.486 e. The predicted octanol–water partition coefficient (Wildman–Crippen LogP) is 2.67. The Labute approximate surface area is 119 Å². The maximum Gasteiger partial charge on any atom is 0.240 e. The van der Waals surface area contributed by atoms with Crippen molar-refractivity contribution in [3.63, 3.8) is 0 Å². The summed E-state index contributed by atoms with van der Waals surface area (Å²) in [5, 5.41) is 3.93. The Hall–Kier alpha value is -1.40. The molecule has 6 heteroatoms. The van der Waals surface area contributed by atoms with Crippen molar-refractivity contribution < 1.29 is 9.26 Å². The van der Waals surface area contributed by atoms with Gasteiger partial charge in [-0.1, -0.05) is 5.16 Å². The fraction of sp³-hybridized carbons (Fsp3) is 0.385. The molecular weight excluding hydrogens is 310 g/mol. The summed E-state index contributed by atoms with van der Waals surface area (Å²) in [6.07, 6.45) is 0.858. The van der Waals surface area contributed by atoms with E-state index in [0.717, 1.165) is 27.8 Å². The smallest absolute Gasteiger partial charge is 0.240 e. The van der Waals surface area contributed by atoms with Gasteiger partial charge in [-0.05, 0) is 41.9 Å². The second kappa shape index (κ2) is 4.31. The zero-order valence-corrected chi connectivity index (χ0v) is 12.3. The second-order valence-corrected chi connectivity index (χ2v) is 6.06. The van der Waals surface area contributed by atoms with E-state index in [1.807, 2.05) is 12.1 Å². The van der Waals surface area contributed by atoms with Crippen LogP contribution in [0.25, 0.3) is 11.4 Å². The first-order valence-corrected chi connectivity index (χ1v) is 6.82. The largest absolute Gasteiger partial charge is 0.486 e. The molecule has 2 heterocycles.